The molecule has 0 atom stereocenters. The van der Waals surface area contributed by atoms with Gasteiger partial charge in [-0.25, -0.2) is 0 Å². The van der Waals surface area contributed by atoms with E-state index in [1.54, 1.807) is 0 Å². The zero-order valence-corrected chi connectivity index (χ0v) is 9.13. The molecule has 0 amide bonds. The lowest BCUT2D eigenvalue weighted by atomic mass is 10.4. The van der Waals surface area contributed by atoms with Crippen LogP contribution < -0.4 is 0 Å². The van der Waals surface area contributed by atoms with Gasteiger partial charge in [0.2, 0.25) is 0 Å². The summed E-state index contributed by atoms with van der Waals surface area (Å²) in [6.45, 7) is 5.88. The van der Waals surface area contributed by atoms with Crippen molar-refractivity contribution in [2.45, 2.75) is 6.42 Å². The van der Waals surface area contributed by atoms with Gasteiger partial charge < -0.3 is 4.90 Å². The van der Waals surface area contributed by atoms with Crippen LogP contribution in [0, 0.1) is 0 Å². The van der Waals surface area contributed by atoms with Crippen molar-refractivity contribution in [2.75, 3.05) is 45.7 Å². The van der Waals surface area contributed by atoms with Gasteiger partial charge in [0.1, 0.15) is 0 Å². The third-order valence-electron chi connectivity index (χ3n) is 2.43. The fourth-order valence-electron chi connectivity index (χ4n) is 1.57. The SMILES string of the molecule is CN1CCCN(CC=CCCl)CC1. The molecule has 0 unspecified atom stereocenters. The topological polar surface area (TPSA) is 6.48 Å². The number of halogens is 1. The van der Waals surface area contributed by atoms with E-state index in [4.69, 9.17) is 11.6 Å². The molecule has 0 aromatic heterocycles. The molecule has 2 nitrogen and oxygen atoms in total. The Kier molecular flexibility index (Phi) is 5.44. The molecule has 0 aromatic carbocycles. The summed E-state index contributed by atoms with van der Waals surface area (Å²) < 4.78 is 0. The van der Waals surface area contributed by atoms with Gasteiger partial charge in [0.05, 0.1) is 0 Å². The summed E-state index contributed by atoms with van der Waals surface area (Å²) in [5.41, 5.74) is 0. The summed E-state index contributed by atoms with van der Waals surface area (Å²) in [7, 11) is 2.19. The minimum Gasteiger partial charge on any atom is -0.305 e. The van der Waals surface area contributed by atoms with Crippen molar-refractivity contribution in [3.05, 3.63) is 12.2 Å². The van der Waals surface area contributed by atoms with Gasteiger partial charge in [0.25, 0.3) is 0 Å². The highest BCUT2D eigenvalue weighted by molar-refractivity contribution is 6.18. The van der Waals surface area contributed by atoms with Crippen molar-refractivity contribution in [1.82, 2.24) is 9.80 Å². The molecule has 0 aromatic rings. The summed E-state index contributed by atoms with van der Waals surface area (Å²) in [6, 6.07) is 0. The molecule has 1 saturated heterocycles. The predicted octanol–water partition coefficient (Wildman–Crippen LogP) is 1.42. The Morgan fingerprint density at radius 3 is 2.77 bits per heavy atom. The smallest absolute Gasteiger partial charge is 0.0404 e. The first-order chi connectivity index (χ1) is 6.33. The third-order valence-corrected chi connectivity index (χ3v) is 2.61. The van der Waals surface area contributed by atoms with E-state index in [0.29, 0.717) is 5.88 Å². The standard InChI is InChI=1S/C10H19ClN2/c1-12-6-4-8-13(10-9-12)7-3-2-5-11/h2-3H,4-10H2,1H3. The molecule has 1 fully saturated rings. The highest BCUT2D eigenvalue weighted by atomic mass is 35.5. The zero-order valence-electron chi connectivity index (χ0n) is 8.38. The Hall–Kier alpha value is -0.0500. The van der Waals surface area contributed by atoms with Crippen molar-refractivity contribution in [1.29, 1.82) is 0 Å². The second-order valence-electron chi connectivity index (χ2n) is 3.58. The maximum Gasteiger partial charge on any atom is 0.0404 e. The summed E-state index contributed by atoms with van der Waals surface area (Å²) in [5.74, 6) is 0.633. The fourth-order valence-corrected chi connectivity index (χ4v) is 1.70. The maximum atomic E-state index is 5.56. The minimum atomic E-state index is 0.633. The normalized spacial score (nSPS) is 22.3. The number of allylic oxidation sites excluding steroid dienone is 1. The van der Waals surface area contributed by atoms with Gasteiger partial charge in [-0.3, -0.25) is 4.90 Å². The molecule has 0 N–H and O–H groups in total. The van der Waals surface area contributed by atoms with E-state index in [2.05, 4.69) is 22.9 Å². The highest BCUT2D eigenvalue weighted by Gasteiger charge is 2.09. The van der Waals surface area contributed by atoms with Crippen LogP contribution >= 0.6 is 11.6 Å². The van der Waals surface area contributed by atoms with E-state index in [1.165, 1.54) is 32.6 Å². The number of likely N-dealkylation sites (N-methyl/N-ethyl adjacent to an activating group) is 1. The van der Waals surface area contributed by atoms with E-state index >= 15 is 0 Å². The van der Waals surface area contributed by atoms with Crippen LogP contribution in [0.2, 0.25) is 0 Å². The van der Waals surface area contributed by atoms with Crippen LogP contribution in [0.25, 0.3) is 0 Å². The Labute approximate surface area is 86.2 Å². The van der Waals surface area contributed by atoms with Crippen molar-refractivity contribution < 1.29 is 0 Å². The van der Waals surface area contributed by atoms with E-state index in [-0.39, 0.29) is 0 Å². The van der Waals surface area contributed by atoms with Gasteiger partial charge in [0.15, 0.2) is 0 Å². The predicted molar refractivity (Wildman–Crippen MR) is 58.4 cm³/mol. The molecule has 1 heterocycles. The molecular weight excluding hydrogens is 184 g/mol. The summed E-state index contributed by atoms with van der Waals surface area (Å²) >= 11 is 5.56. The molecule has 1 aliphatic rings. The summed E-state index contributed by atoms with van der Waals surface area (Å²) in [5, 5.41) is 0. The second-order valence-corrected chi connectivity index (χ2v) is 3.89. The van der Waals surface area contributed by atoms with Crippen LogP contribution in [0.1, 0.15) is 6.42 Å². The van der Waals surface area contributed by atoms with Gasteiger partial charge in [-0.05, 0) is 26.6 Å². The zero-order chi connectivity index (χ0) is 9.52. The maximum absolute atomic E-state index is 5.56. The molecular formula is C10H19ClN2. The first kappa shape index (κ1) is 11.0. The Bertz CT molecular complexity index is 159. The molecule has 0 saturated carbocycles. The molecule has 0 spiro atoms. The number of nitrogens with zero attached hydrogens (tertiary/aromatic N) is 2. The lowest BCUT2D eigenvalue weighted by Crippen LogP contribution is -2.29. The minimum absolute atomic E-state index is 0.633. The first-order valence-electron chi connectivity index (χ1n) is 4.95. The van der Waals surface area contributed by atoms with Crippen LogP contribution in [0.3, 0.4) is 0 Å². The average Bonchev–Trinajstić information content (AvgIpc) is 2.32. The van der Waals surface area contributed by atoms with Gasteiger partial charge in [-0.1, -0.05) is 12.2 Å². The number of hydrogen-bond donors (Lipinski definition) is 0. The van der Waals surface area contributed by atoms with Crippen LogP contribution in [0.15, 0.2) is 12.2 Å². The molecule has 1 aliphatic heterocycles. The van der Waals surface area contributed by atoms with Gasteiger partial charge in [-0.2, -0.15) is 0 Å². The van der Waals surface area contributed by atoms with E-state index < -0.39 is 0 Å². The lowest BCUT2D eigenvalue weighted by Gasteiger charge is -2.17. The number of rotatable bonds is 3. The van der Waals surface area contributed by atoms with Crippen LogP contribution in [0.4, 0.5) is 0 Å². The van der Waals surface area contributed by atoms with Crippen molar-refractivity contribution in [2.24, 2.45) is 0 Å². The Balaban J connectivity index is 2.21. The van der Waals surface area contributed by atoms with Crippen molar-refractivity contribution >= 4 is 11.6 Å². The monoisotopic (exact) mass is 202 g/mol. The largest absolute Gasteiger partial charge is 0.305 e. The van der Waals surface area contributed by atoms with E-state index in [0.717, 1.165) is 6.54 Å². The fraction of sp³-hybridized carbons (Fsp3) is 0.800. The second kappa shape index (κ2) is 6.41. The van der Waals surface area contributed by atoms with Crippen LogP contribution in [-0.2, 0) is 0 Å². The molecule has 0 aliphatic carbocycles. The van der Waals surface area contributed by atoms with Crippen molar-refractivity contribution in [3.63, 3.8) is 0 Å². The first-order valence-corrected chi connectivity index (χ1v) is 5.48. The summed E-state index contributed by atoms with van der Waals surface area (Å²) in [6.07, 6.45) is 5.47. The number of hydrogen-bond acceptors (Lipinski definition) is 2. The van der Waals surface area contributed by atoms with Crippen LogP contribution in [-0.4, -0.2) is 55.5 Å². The molecule has 76 valence electrons. The van der Waals surface area contributed by atoms with E-state index in [9.17, 15) is 0 Å². The molecule has 3 heteroatoms. The third kappa shape index (κ3) is 4.65. The molecule has 0 bridgehead atoms. The molecule has 13 heavy (non-hydrogen) atoms. The summed E-state index contributed by atoms with van der Waals surface area (Å²) in [4.78, 5) is 4.87. The highest BCUT2D eigenvalue weighted by Crippen LogP contribution is 2.00. The van der Waals surface area contributed by atoms with Gasteiger partial charge >= 0.3 is 0 Å². The number of alkyl halides is 1. The Morgan fingerprint density at radius 2 is 2.00 bits per heavy atom. The molecule has 0 radical (unpaired) electrons. The van der Waals surface area contributed by atoms with Crippen molar-refractivity contribution in [3.8, 4) is 0 Å². The molecule has 1 rings (SSSR count). The lowest BCUT2D eigenvalue weighted by molar-refractivity contribution is 0.300. The van der Waals surface area contributed by atoms with Gasteiger partial charge in [0, 0.05) is 25.5 Å². The Morgan fingerprint density at radius 1 is 1.15 bits per heavy atom. The van der Waals surface area contributed by atoms with Gasteiger partial charge in [-0.15, -0.1) is 11.6 Å². The average molecular weight is 203 g/mol. The van der Waals surface area contributed by atoms with Crippen LogP contribution in [0.5, 0.6) is 0 Å². The van der Waals surface area contributed by atoms with E-state index in [1.807, 2.05) is 6.08 Å². The quantitative estimate of drug-likeness (QED) is 0.505.